The maximum atomic E-state index is 3.87. The molecule has 0 aromatic carbocycles. The quantitative estimate of drug-likeness (QED) is 0.687. The lowest BCUT2D eigenvalue weighted by molar-refractivity contribution is 0.801. The Morgan fingerprint density at radius 3 is 3.27 bits per heavy atom. The van der Waals surface area contributed by atoms with Crippen molar-refractivity contribution in [1.29, 1.82) is 0 Å². The fourth-order valence-corrected chi connectivity index (χ4v) is 1.07. The topological polar surface area (TPSA) is 37.8 Å². The molecule has 0 unspecified atom stereocenters. The molecule has 0 radical (unpaired) electrons. The minimum absolute atomic E-state index is 0.897. The third kappa shape index (κ3) is 3.25. The molecule has 0 saturated heterocycles. The molecule has 1 N–H and O–H groups in total. The van der Waals surface area contributed by atoms with Crippen molar-refractivity contribution in [3.8, 4) is 0 Å². The Labute approximate surface area is 70.3 Å². The highest BCUT2D eigenvalue weighted by molar-refractivity contribution is 7.03. The summed E-state index contributed by atoms with van der Waals surface area (Å²) in [5.41, 5.74) is 0.938. The molecule has 60 valence electrons. The number of nitrogens with one attached hydrogen (secondary N) is 1. The summed E-state index contributed by atoms with van der Waals surface area (Å²) in [4.78, 5) is 0. The molecule has 0 fully saturated rings. The van der Waals surface area contributed by atoms with Crippen LogP contribution < -0.4 is 5.32 Å². The second-order valence-corrected chi connectivity index (χ2v) is 2.65. The molecule has 1 aromatic rings. The Morgan fingerprint density at radius 1 is 1.73 bits per heavy atom. The molecule has 1 heterocycles. The zero-order valence-electron chi connectivity index (χ0n) is 6.45. The van der Waals surface area contributed by atoms with Crippen molar-refractivity contribution in [1.82, 2.24) is 14.9 Å². The predicted octanol–water partition coefficient (Wildman–Crippen LogP) is 1.16. The van der Waals surface area contributed by atoms with Crippen molar-refractivity contribution in [2.24, 2.45) is 0 Å². The molecule has 3 nitrogen and oxygen atoms in total. The lowest BCUT2D eigenvalue weighted by atomic mass is 10.4. The molecule has 0 bridgehead atoms. The van der Waals surface area contributed by atoms with Crippen molar-refractivity contribution < 1.29 is 0 Å². The Kier molecular flexibility index (Phi) is 3.79. The van der Waals surface area contributed by atoms with E-state index >= 15 is 0 Å². The lowest BCUT2D eigenvalue weighted by Crippen LogP contribution is -2.11. The zero-order chi connectivity index (χ0) is 7.94. The average molecular weight is 169 g/mol. The molecular formula is C7H11N3S. The van der Waals surface area contributed by atoms with Crippen LogP contribution in [0.5, 0.6) is 0 Å². The zero-order valence-corrected chi connectivity index (χ0v) is 7.27. The third-order valence-corrected chi connectivity index (χ3v) is 1.70. The van der Waals surface area contributed by atoms with Gasteiger partial charge in [0.1, 0.15) is 0 Å². The van der Waals surface area contributed by atoms with Crippen LogP contribution in [0.15, 0.2) is 11.5 Å². The molecule has 0 aliphatic carbocycles. The van der Waals surface area contributed by atoms with Crippen molar-refractivity contribution in [2.45, 2.75) is 6.92 Å². The summed E-state index contributed by atoms with van der Waals surface area (Å²) in [5, 5.41) is 8.97. The van der Waals surface area contributed by atoms with Crippen LogP contribution in [-0.4, -0.2) is 22.7 Å². The van der Waals surface area contributed by atoms with Crippen LogP contribution in [0.4, 0.5) is 0 Å². The number of likely N-dealkylation sites (N-methyl/N-ethyl adjacent to an activating group) is 1. The van der Waals surface area contributed by atoms with Gasteiger partial charge in [0.25, 0.3) is 0 Å². The summed E-state index contributed by atoms with van der Waals surface area (Å²) in [6.45, 7) is 3.98. The standard InChI is InChI=1S/C7H11N3S/c1-2-8-5-3-4-7-6-11-10-9-7/h3-4,6,8H,2,5H2,1H3/b4-3+. The Hall–Kier alpha value is -0.740. The second-order valence-electron chi connectivity index (χ2n) is 2.04. The highest BCUT2D eigenvalue weighted by Gasteiger charge is 1.86. The molecule has 0 amide bonds. The van der Waals surface area contributed by atoms with Gasteiger partial charge in [-0.2, -0.15) is 0 Å². The summed E-state index contributed by atoms with van der Waals surface area (Å²) < 4.78 is 3.74. The summed E-state index contributed by atoms with van der Waals surface area (Å²) in [6.07, 6.45) is 4.01. The van der Waals surface area contributed by atoms with E-state index in [0.717, 1.165) is 18.8 Å². The van der Waals surface area contributed by atoms with Crippen molar-refractivity contribution in [2.75, 3.05) is 13.1 Å². The van der Waals surface area contributed by atoms with Gasteiger partial charge in [0.15, 0.2) is 0 Å². The highest BCUT2D eigenvalue weighted by atomic mass is 32.1. The smallest absolute Gasteiger partial charge is 0.0979 e. The Bertz CT molecular complexity index is 205. The number of nitrogens with zero attached hydrogens (tertiary/aromatic N) is 2. The summed E-state index contributed by atoms with van der Waals surface area (Å²) in [7, 11) is 0. The average Bonchev–Trinajstić information content (AvgIpc) is 2.50. The fraction of sp³-hybridized carbons (Fsp3) is 0.429. The first-order valence-electron chi connectivity index (χ1n) is 3.58. The van der Waals surface area contributed by atoms with Crippen LogP contribution in [0.1, 0.15) is 12.6 Å². The summed E-state index contributed by atoms with van der Waals surface area (Å²) >= 11 is 1.37. The Balaban J connectivity index is 2.25. The van der Waals surface area contributed by atoms with E-state index in [9.17, 15) is 0 Å². The number of hydrogen-bond donors (Lipinski definition) is 1. The minimum atomic E-state index is 0.897. The van der Waals surface area contributed by atoms with E-state index in [0.29, 0.717) is 0 Å². The molecule has 0 saturated carbocycles. The van der Waals surface area contributed by atoms with Gasteiger partial charge in [-0.1, -0.05) is 17.5 Å². The maximum Gasteiger partial charge on any atom is 0.0979 e. The van der Waals surface area contributed by atoms with Gasteiger partial charge in [-0.25, -0.2) is 0 Å². The van der Waals surface area contributed by atoms with Gasteiger partial charge in [-0.05, 0) is 24.2 Å². The molecule has 0 atom stereocenters. The van der Waals surface area contributed by atoms with Crippen molar-refractivity contribution in [3.63, 3.8) is 0 Å². The SMILES string of the molecule is CCNC/C=C/c1csnn1. The molecular weight excluding hydrogens is 158 g/mol. The third-order valence-electron chi connectivity index (χ3n) is 1.18. The normalized spacial score (nSPS) is 11.0. The number of hydrogen-bond acceptors (Lipinski definition) is 4. The maximum absolute atomic E-state index is 3.87. The highest BCUT2D eigenvalue weighted by Crippen LogP contribution is 1.98. The van der Waals surface area contributed by atoms with E-state index < -0.39 is 0 Å². The summed E-state index contributed by atoms with van der Waals surface area (Å²) in [5.74, 6) is 0. The van der Waals surface area contributed by atoms with Crippen molar-refractivity contribution in [3.05, 3.63) is 17.2 Å². The summed E-state index contributed by atoms with van der Waals surface area (Å²) in [6, 6.07) is 0. The second kappa shape index (κ2) is 4.98. The van der Waals surface area contributed by atoms with Crippen LogP contribution in [0, 0.1) is 0 Å². The molecule has 4 heteroatoms. The van der Waals surface area contributed by atoms with E-state index in [1.807, 2.05) is 17.5 Å². The van der Waals surface area contributed by atoms with Gasteiger partial charge in [0, 0.05) is 11.9 Å². The van der Waals surface area contributed by atoms with Crippen LogP contribution in [-0.2, 0) is 0 Å². The fourth-order valence-electron chi connectivity index (χ4n) is 0.652. The minimum Gasteiger partial charge on any atom is -0.314 e. The first-order chi connectivity index (χ1) is 5.43. The lowest BCUT2D eigenvalue weighted by Gasteiger charge is -1.90. The molecule has 0 aliphatic heterocycles. The van der Waals surface area contributed by atoms with Crippen LogP contribution in [0.3, 0.4) is 0 Å². The number of rotatable bonds is 4. The Morgan fingerprint density at radius 2 is 2.64 bits per heavy atom. The predicted molar refractivity (Wildman–Crippen MR) is 47.5 cm³/mol. The van der Waals surface area contributed by atoms with Crippen LogP contribution in [0.25, 0.3) is 6.08 Å². The number of aromatic nitrogens is 2. The van der Waals surface area contributed by atoms with E-state index in [1.165, 1.54) is 11.5 Å². The molecule has 0 spiro atoms. The van der Waals surface area contributed by atoms with E-state index in [1.54, 1.807) is 0 Å². The molecule has 1 rings (SSSR count). The van der Waals surface area contributed by atoms with Crippen molar-refractivity contribution >= 4 is 17.6 Å². The van der Waals surface area contributed by atoms with Crippen LogP contribution >= 0.6 is 11.5 Å². The van der Waals surface area contributed by atoms with E-state index in [2.05, 4.69) is 21.8 Å². The van der Waals surface area contributed by atoms with Gasteiger partial charge in [0.2, 0.25) is 0 Å². The van der Waals surface area contributed by atoms with Gasteiger partial charge >= 0.3 is 0 Å². The van der Waals surface area contributed by atoms with E-state index in [4.69, 9.17) is 0 Å². The van der Waals surface area contributed by atoms with Gasteiger partial charge in [-0.15, -0.1) is 5.10 Å². The monoisotopic (exact) mass is 169 g/mol. The largest absolute Gasteiger partial charge is 0.314 e. The molecule has 1 aromatic heterocycles. The first-order valence-corrected chi connectivity index (χ1v) is 4.41. The van der Waals surface area contributed by atoms with Gasteiger partial charge in [0.05, 0.1) is 5.69 Å². The van der Waals surface area contributed by atoms with E-state index in [-0.39, 0.29) is 0 Å². The van der Waals surface area contributed by atoms with Gasteiger partial charge in [-0.3, -0.25) is 0 Å². The first kappa shape index (κ1) is 8.36. The molecule has 0 aliphatic rings. The van der Waals surface area contributed by atoms with Gasteiger partial charge < -0.3 is 5.32 Å². The molecule has 11 heavy (non-hydrogen) atoms. The van der Waals surface area contributed by atoms with Crippen LogP contribution in [0.2, 0.25) is 0 Å².